The van der Waals surface area contributed by atoms with Crippen LogP contribution in [0.5, 0.6) is 0 Å². The first kappa shape index (κ1) is 18.6. The lowest BCUT2D eigenvalue weighted by Crippen LogP contribution is -2.28. The molecule has 8 nitrogen and oxygen atoms in total. The van der Waals surface area contributed by atoms with E-state index in [1.54, 1.807) is 17.9 Å². The first-order valence-corrected chi connectivity index (χ1v) is 8.76. The van der Waals surface area contributed by atoms with Crippen LogP contribution in [-0.2, 0) is 25.5 Å². The molecule has 1 atom stereocenters. The Kier molecular flexibility index (Phi) is 5.54. The van der Waals surface area contributed by atoms with Gasteiger partial charge in [0.05, 0.1) is 5.92 Å². The first-order valence-electron chi connectivity index (χ1n) is 8.76. The monoisotopic (exact) mass is 371 g/mol. The van der Waals surface area contributed by atoms with Gasteiger partial charge in [0.25, 0.3) is 5.91 Å². The molecule has 1 aromatic carbocycles. The lowest BCUT2D eigenvalue weighted by Gasteiger charge is -2.19. The molecule has 1 aromatic heterocycles. The first-order chi connectivity index (χ1) is 13.0. The lowest BCUT2D eigenvalue weighted by atomic mass is 10.1. The topological polar surface area (TPSA) is 102 Å². The predicted octanol–water partition coefficient (Wildman–Crippen LogP) is 2.08. The van der Waals surface area contributed by atoms with Crippen molar-refractivity contribution >= 4 is 29.3 Å². The molecule has 3 rings (SSSR count). The van der Waals surface area contributed by atoms with E-state index in [-0.39, 0.29) is 24.7 Å². The van der Waals surface area contributed by atoms with Crippen molar-refractivity contribution in [2.45, 2.75) is 26.7 Å². The Labute approximate surface area is 156 Å². The van der Waals surface area contributed by atoms with Gasteiger partial charge in [0.1, 0.15) is 5.76 Å². The normalized spacial score (nSPS) is 16.4. The molecule has 8 heteroatoms. The van der Waals surface area contributed by atoms with Gasteiger partial charge in [-0.2, -0.15) is 0 Å². The standard InChI is InChI=1S/C19H21N3O5/c1-3-13-6-4-5-7-15(13)22-10-14(9-18(22)24)19(25)26-11-17(23)20-16-8-12(2)27-21-16/h4-8,14H,3,9-11H2,1-2H3,(H,20,21,23)/t14-/m1/s1. The summed E-state index contributed by atoms with van der Waals surface area (Å²) in [5.41, 5.74) is 1.86. The van der Waals surface area contributed by atoms with Crippen LogP contribution in [0, 0.1) is 12.8 Å². The Morgan fingerprint density at radius 1 is 1.37 bits per heavy atom. The van der Waals surface area contributed by atoms with E-state index in [1.807, 2.05) is 31.2 Å². The van der Waals surface area contributed by atoms with E-state index < -0.39 is 24.4 Å². The molecule has 142 valence electrons. The van der Waals surface area contributed by atoms with E-state index in [2.05, 4.69) is 10.5 Å². The average molecular weight is 371 g/mol. The highest BCUT2D eigenvalue weighted by Gasteiger charge is 2.37. The zero-order valence-electron chi connectivity index (χ0n) is 15.2. The number of benzene rings is 1. The maximum Gasteiger partial charge on any atom is 0.311 e. The molecule has 0 aliphatic carbocycles. The van der Waals surface area contributed by atoms with Gasteiger partial charge in [0, 0.05) is 24.7 Å². The van der Waals surface area contributed by atoms with Crippen molar-refractivity contribution in [3.05, 3.63) is 41.7 Å². The molecule has 0 radical (unpaired) electrons. The molecule has 0 spiro atoms. The SMILES string of the molecule is CCc1ccccc1N1C[C@H](C(=O)OCC(=O)Nc2cc(C)on2)CC1=O. The third kappa shape index (κ3) is 4.33. The molecule has 1 aliphatic rings. The van der Waals surface area contributed by atoms with Gasteiger partial charge in [0.15, 0.2) is 12.4 Å². The maximum atomic E-state index is 12.4. The van der Waals surface area contributed by atoms with E-state index >= 15 is 0 Å². The highest BCUT2D eigenvalue weighted by Crippen LogP contribution is 2.29. The van der Waals surface area contributed by atoms with Crippen LogP contribution in [0.25, 0.3) is 0 Å². The second kappa shape index (κ2) is 8.03. The van der Waals surface area contributed by atoms with Gasteiger partial charge < -0.3 is 19.5 Å². The minimum atomic E-state index is -0.593. The number of hydrogen-bond acceptors (Lipinski definition) is 6. The van der Waals surface area contributed by atoms with Crippen molar-refractivity contribution < 1.29 is 23.6 Å². The van der Waals surface area contributed by atoms with Crippen molar-refractivity contribution in [3.63, 3.8) is 0 Å². The molecule has 0 bridgehead atoms. The fraction of sp³-hybridized carbons (Fsp3) is 0.368. The third-order valence-electron chi connectivity index (χ3n) is 4.36. The lowest BCUT2D eigenvalue weighted by molar-refractivity contribution is -0.151. The Morgan fingerprint density at radius 3 is 2.85 bits per heavy atom. The Morgan fingerprint density at radius 2 is 2.15 bits per heavy atom. The van der Waals surface area contributed by atoms with Gasteiger partial charge in [-0.25, -0.2) is 0 Å². The fourth-order valence-corrected chi connectivity index (χ4v) is 3.03. The van der Waals surface area contributed by atoms with Gasteiger partial charge in [-0.05, 0) is 25.0 Å². The zero-order chi connectivity index (χ0) is 19.4. The predicted molar refractivity (Wildman–Crippen MR) is 97.1 cm³/mol. The average Bonchev–Trinajstić information content (AvgIpc) is 3.25. The third-order valence-corrected chi connectivity index (χ3v) is 4.36. The summed E-state index contributed by atoms with van der Waals surface area (Å²) in [6.07, 6.45) is 0.859. The maximum absolute atomic E-state index is 12.4. The van der Waals surface area contributed by atoms with Crippen LogP contribution < -0.4 is 10.2 Å². The van der Waals surface area contributed by atoms with Crippen LogP contribution in [0.15, 0.2) is 34.9 Å². The number of aromatic nitrogens is 1. The van der Waals surface area contributed by atoms with Crippen LogP contribution in [0.4, 0.5) is 11.5 Å². The number of rotatable bonds is 6. The fourth-order valence-electron chi connectivity index (χ4n) is 3.03. The van der Waals surface area contributed by atoms with Gasteiger partial charge in [0.2, 0.25) is 5.91 Å². The van der Waals surface area contributed by atoms with Gasteiger partial charge in [-0.15, -0.1) is 0 Å². The number of ether oxygens (including phenoxy) is 1. The van der Waals surface area contributed by atoms with Gasteiger partial charge in [-0.3, -0.25) is 14.4 Å². The van der Waals surface area contributed by atoms with Crippen molar-refractivity contribution in [3.8, 4) is 0 Å². The number of hydrogen-bond donors (Lipinski definition) is 1. The van der Waals surface area contributed by atoms with Crippen molar-refractivity contribution in [1.82, 2.24) is 5.16 Å². The molecule has 1 saturated heterocycles. The summed E-state index contributed by atoms with van der Waals surface area (Å²) < 4.78 is 9.91. The summed E-state index contributed by atoms with van der Waals surface area (Å²) in [4.78, 5) is 38.1. The summed E-state index contributed by atoms with van der Waals surface area (Å²) in [5.74, 6) is -0.989. The Hall–Kier alpha value is -3.16. The number of para-hydroxylation sites is 1. The summed E-state index contributed by atoms with van der Waals surface area (Å²) >= 11 is 0. The minimum Gasteiger partial charge on any atom is -0.455 e. The number of anilines is 2. The van der Waals surface area contributed by atoms with Crippen LogP contribution in [0.1, 0.15) is 24.7 Å². The van der Waals surface area contributed by atoms with Crippen LogP contribution in [0.2, 0.25) is 0 Å². The summed E-state index contributed by atoms with van der Waals surface area (Å²) in [6.45, 7) is 3.52. The van der Waals surface area contributed by atoms with E-state index in [1.165, 1.54) is 0 Å². The molecule has 0 unspecified atom stereocenters. The smallest absolute Gasteiger partial charge is 0.311 e. The number of carbonyl (C=O) groups excluding carboxylic acids is 3. The van der Waals surface area contributed by atoms with Crippen LogP contribution in [-0.4, -0.2) is 36.1 Å². The van der Waals surface area contributed by atoms with Crippen molar-refractivity contribution in [2.24, 2.45) is 5.92 Å². The van der Waals surface area contributed by atoms with Crippen LogP contribution >= 0.6 is 0 Å². The number of carbonyl (C=O) groups is 3. The molecule has 27 heavy (non-hydrogen) atoms. The second-order valence-corrected chi connectivity index (χ2v) is 6.37. The second-order valence-electron chi connectivity index (χ2n) is 6.37. The molecular formula is C19H21N3O5. The molecular weight excluding hydrogens is 350 g/mol. The van der Waals surface area contributed by atoms with E-state index in [4.69, 9.17) is 9.26 Å². The molecule has 1 N–H and O–H groups in total. The van der Waals surface area contributed by atoms with E-state index in [0.717, 1.165) is 17.7 Å². The van der Waals surface area contributed by atoms with Crippen molar-refractivity contribution in [1.29, 1.82) is 0 Å². The number of amides is 2. The summed E-state index contributed by atoms with van der Waals surface area (Å²) in [6, 6.07) is 9.17. The Balaban J connectivity index is 1.55. The number of nitrogens with one attached hydrogen (secondary N) is 1. The molecule has 1 fully saturated rings. The summed E-state index contributed by atoms with van der Waals surface area (Å²) in [5, 5.41) is 6.10. The molecule has 1 aliphatic heterocycles. The molecule has 2 amide bonds. The summed E-state index contributed by atoms with van der Waals surface area (Å²) in [7, 11) is 0. The van der Waals surface area contributed by atoms with Gasteiger partial charge in [-0.1, -0.05) is 30.3 Å². The van der Waals surface area contributed by atoms with Crippen molar-refractivity contribution in [2.75, 3.05) is 23.4 Å². The van der Waals surface area contributed by atoms with E-state index in [0.29, 0.717) is 5.76 Å². The van der Waals surface area contributed by atoms with E-state index in [9.17, 15) is 14.4 Å². The number of nitrogens with zero attached hydrogens (tertiary/aromatic N) is 2. The Bertz CT molecular complexity index is 861. The molecule has 0 saturated carbocycles. The number of esters is 1. The van der Waals surface area contributed by atoms with Gasteiger partial charge >= 0.3 is 5.97 Å². The quantitative estimate of drug-likeness (QED) is 0.780. The molecule has 2 heterocycles. The zero-order valence-corrected chi connectivity index (χ0v) is 15.2. The number of aryl methyl sites for hydroxylation is 2. The minimum absolute atomic E-state index is 0.0704. The van der Waals surface area contributed by atoms with Crippen LogP contribution in [0.3, 0.4) is 0 Å². The largest absolute Gasteiger partial charge is 0.455 e. The molecule has 2 aromatic rings. The highest BCUT2D eigenvalue weighted by molar-refractivity contribution is 6.00. The highest BCUT2D eigenvalue weighted by atomic mass is 16.5.